The van der Waals surface area contributed by atoms with Crippen LogP contribution in [0, 0.1) is 27.7 Å². The molecule has 0 radical (unpaired) electrons. The summed E-state index contributed by atoms with van der Waals surface area (Å²) in [7, 11) is 0. The molecular formula is C22H25N. The van der Waals surface area contributed by atoms with E-state index in [4.69, 9.17) is 4.99 Å². The van der Waals surface area contributed by atoms with Crippen molar-refractivity contribution in [1.82, 2.24) is 0 Å². The fourth-order valence-corrected chi connectivity index (χ4v) is 2.42. The molecule has 0 unspecified atom stereocenters. The van der Waals surface area contributed by atoms with Crippen LogP contribution in [0.25, 0.3) is 5.70 Å². The summed E-state index contributed by atoms with van der Waals surface area (Å²) < 4.78 is 0. The molecule has 0 aliphatic rings. The highest BCUT2D eigenvalue weighted by molar-refractivity contribution is 6.02. The lowest BCUT2D eigenvalue weighted by atomic mass is 10.0. The minimum Gasteiger partial charge on any atom is -0.253 e. The van der Waals surface area contributed by atoms with Gasteiger partial charge in [-0.15, -0.1) is 0 Å². The summed E-state index contributed by atoms with van der Waals surface area (Å²) in [5, 5.41) is 0. The summed E-state index contributed by atoms with van der Waals surface area (Å²) >= 11 is 0. The van der Waals surface area contributed by atoms with Gasteiger partial charge in [-0.3, -0.25) is 4.99 Å². The van der Waals surface area contributed by atoms with E-state index in [-0.39, 0.29) is 0 Å². The largest absolute Gasteiger partial charge is 0.253 e. The zero-order valence-corrected chi connectivity index (χ0v) is 14.8. The Balaban J connectivity index is 2.45. The van der Waals surface area contributed by atoms with Crippen LogP contribution in [-0.2, 0) is 0 Å². The molecule has 118 valence electrons. The number of benzene rings is 2. The van der Waals surface area contributed by atoms with Crippen LogP contribution < -0.4 is 0 Å². The Kier molecular flexibility index (Phi) is 5.33. The van der Waals surface area contributed by atoms with Crippen LogP contribution in [0.15, 0.2) is 60.1 Å². The van der Waals surface area contributed by atoms with Gasteiger partial charge >= 0.3 is 0 Å². The highest BCUT2D eigenvalue weighted by Crippen LogP contribution is 2.21. The number of nitrogens with zero attached hydrogens (tertiary/aromatic N) is 1. The minimum absolute atomic E-state index is 0.943. The molecule has 0 amide bonds. The number of aryl methyl sites for hydroxylation is 4. The fraction of sp³-hybridized carbons (Fsp3) is 0.227. The lowest BCUT2D eigenvalue weighted by Gasteiger charge is -2.09. The van der Waals surface area contributed by atoms with Crippen molar-refractivity contribution in [2.45, 2.75) is 34.6 Å². The molecule has 2 rings (SSSR count). The van der Waals surface area contributed by atoms with Gasteiger partial charge in [0, 0.05) is 11.3 Å². The van der Waals surface area contributed by atoms with Gasteiger partial charge in [0.05, 0.1) is 5.70 Å². The Hall–Kier alpha value is -2.41. The number of allylic oxidation sites excluding steroid dienone is 2. The van der Waals surface area contributed by atoms with Crippen LogP contribution in [0.2, 0.25) is 0 Å². The molecule has 2 aromatic carbocycles. The molecular weight excluding hydrogens is 278 g/mol. The number of rotatable bonds is 4. The molecule has 0 heterocycles. The van der Waals surface area contributed by atoms with Gasteiger partial charge in [0.25, 0.3) is 0 Å². The van der Waals surface area contributed by atoms with Crippen LogP contribution in [0.3, 0.4) is 0 Å². The van der Waals surface area contributed by atoms with Crippen molar-refractivity contribution in [3.05, 3.63) is 88.5 Å². The Labute approximate surface area is 140 Å². The lowest BCUT2D eigenvalue weighted by Crippen LogP contribution is -1.97. The van der Waals surface area contributed by atoms with Crippen molar-refractivity contribution in [3.8, 4) is 0 Å². The molecule has 0 saturated carbocycles. The van der Waals surface area contributed by atoms with E-state index in [9.17, 15) is 0 Å². The third-order valence-electron chi connectivity index (χ3n) is 4.29. The predicted octanol–water partition coefficient (Wildman–Crippen LogP) is 5.96. The Bertz CT molecular complexity index is 792. The van der Waals surface area contributed by atoms with Gasteiger partial charge in [0.2, 0.25) is 0 Å². The average molecular weight is 303 g/mol. The molecule has 0 aromatic heterocycles. The first-order valence-electron chi connectivity index (χ1n) is 7.95. The summed E-state index contributed by atoms with van der Waals surface area (Å²) in [5.74, 6) is 0. The van der Waals surface area contributed by atoms with Gasteiger partial charge in [-0.2, -0.15) is 0 Å². The Morgan fingerprint density at radius 2 is 1.35 bits per heavy atom. The van der Waals surface area contributed by atoms with Gasteiger partial charge in [0.15, 0.2) is 0 Å². The number of hydrogen-bond donors (Lipinski definition) is 0. The van der Waals surface area contributed by atoms with Crippen molar-refractivity contribution < 1.29 is 0 Å². The topological polar surface area (TPSA) is 12.4 Å². The first-order chi connectivity index (χ1) is 10.9. The molecule has 2 aromatic rings. The second-order valence-electron chi connectivity index (χ2n) is 6.08. The second kappa shape index (κ2) is 7.23. The zero-order valence-electron chi connectivity index (χ0n) is 14.8. The van der Waals surface area contributed by atoms with E-state index in [1.165, 1.54) is 22.3 Å². The summed E-state index contributed by atoms with van der Waals surface area (Å²) in [5.41, 5.74) is 9.40. The van der Waals surface area contributed by atoms with E-state index in [0.717, 1.165) is 22.5 Å². The zero-order chi connectivity index (χ0) is 17.0. The third kappa shape index (κ3) is 4.07. The average Bonchev–Trinajstić information content (AvgIpc) is 2.52. The quantitative estimate of drug-likeness (QED) is 0.488. The highest BCUT2D eigenvalue weighted by atomic mass is 14.8. The molecule has 0 bridgehead atoms. The van der Waals surface area contributed by atoms with Crippen molar-refractivity contribution in [2.75, 3.05) is 0 Å². The lowest BCUT2D eigenvalue weighted by molar-refractivity contribution is 1.31. The van der Waals surface area contributed by atoms with Crippen LogP contribution in [0.4, 0.5) is 0 Å². The maximum Gasteiger partial charge on any atom is 0.0705 e. The molecule has 0 aliphatic carbocycles. The summed E-state index contributed by atoms with van der Waals surface area (Å²) in [4.78, 5) is 4.85. The van der Waals surface area contributed by atoms with Crippen LogP contribution in [-0.4, -0.2) is 5.71 Å². The van der Waals surface area contributed by atoms with Gasteiger partial charge in [-0.05, 0) is 80.6 Å². The number of aliphatic imine (C=N–C) groups is 1. The molecule has 1 heteroatoms. The van der Waals surface area contributed by atoms with Crippen molar-refractivity contribution in [2.24, 2.45) is 4.99 Å². The standard InChI is InChI=1S/C22H25N/c1-7-8-22(21-12-10-16(3)18(5)14-21)23-19(6)20-11-9-15(2)17(4)13-20/h7-14H,1H2,2-6H3/b22-8-,23-19?. The minimum atomic E-state index is 0.943. The van der Waals surface area contributed by atoms with Crippen molar-refractivity contribution >= 4 is 11.4 Å². The summed E-state index contributed by atoms with van der Waals surface area (Å²) in [6.07, 6.45) is 3.76. The Morgan fingerprint density at radius 1 is 0.826 bits per heavy atom. The smallest absolute Gasteiger partial charge is 0.0705 e. The fourth-order valence-electron chi connectivity index (χ4n) is 2.42. The number of hydrogen-bond acceptors (Lipinski definition) is 1. The normalized spacial score (nSPS) is 12.4. The van der Waals surface area contributed by atoms with Crippen LogP contribution in [0.5, 0.6) is 0 Å². The van der Waals surface area contributed by atoms with Gasteiger partial charge < -0.3 is 0 Å². The van der Waals surface area contributed by atoms with E-state index >= 15 is 0 Å². The molecule has 0 atom stereocenters. The van der Waals surface area contributed by atoms with Gasteiger partial charge in [-0.1, -0.05) is 36.9 Å². The molecule has 0 fully saturated rings. The van der Waals surface area contributed by atoms with E-state index in [2.05, 4.69) is 77.6 Å². The summed E-state index contributed by atoms with van der Waals surface area (Å²) in [6, 6.07) is 12.9. The maximum absolute atomic E-state index is 4.85. The van der Waals surface area contributed by atoms with Crippen molar-refractivity contribution in [1.29, 1.82) is 0 Å². The molecule has 23 heavy (non-hydrogen) atoms. The van der Waals surface area contributed by atoms with E-state index in [1.807, 2.05) is 6.08 Å². The molecule has 0 N–H and O–H groups in total. The van der Waals surface area contributed by atoms with Gasteiger partial charge in [0.1, 0.15) is 0 Å². The van der Waals surface area contributed by atoms with Crippen LogP contribution >= 0.6 is 0 Å². The molecule has 0 saturated heterocycles. The monoisotopic (exact) mass is 303 g/mol. The first-order valence-corrected chi connectivity index (χ1v) is 7.95. The van der Waals surface area contributed by atoms with Gasteiger partial charge in [-0.25, -0.2) is 0 Å². The molecule has 0 aliphatic heterocycles. The predicted molar refractivity (Wildman–Crippen MR) is 102 cm³/mol. The SMILES string of the molecule is C=C/C=C(\N=C(C)c1ccc(C)c(C)c1)c1ccc(C)c(C)c1. The highest BCUT2D eigenvalue weighted by Gasteiger charge is 2.05. The first kappa shape index (κ1) is 17.0. The molecule has 0 spiro atoms. The Morgan fingerprint density at radius 3 is 1.87 bits per heavy atom. The summed E-state index contributed by atoms with van der Waals surface area (Å²) in [6.45, 7) is 14.4. The maximum atomic E-state index is 4.85. The van der Waals surface area contributed by atoms with Crippen LogP contribution in [0.1, 0.15) is 40.3 Å². The van der Waals surface area contributed by atoms with E-state index < -0.39 is 0 Å². The van der Waals surface area contributed by atoms with E-state index in [1.54, 1.807) is 6.08 Å². The van der Waals surface area contributed by atoms with Crippen molar-refractivity contribution in [3.63, 3.8) is 0 Å². The van der Waals surface area contributed by atoms with E-state index in [0.29, 0.717) is 0 Å². The molecule has 1 nitrogen and oxygen atoms in total. The second-order valence-corrected chi connectivity index (χ2v) is 6.08. The third-order valence-corrected chi connectivity index (χ3v) is 4.29.